The molecule has 1 aliphatic rings. The van der Waals surface area contributed by atoms with Gasteiger partial charge in [-0.15, -0.1) is 0 Å². The number of nitriles is 1. The van der Waals surface area contributed by atoms with Gasteiger partial charge in [0, 0.05) is 11.6 Å². The maximum absolute atomic E-state index is 13.2. The molecule has 3 rings (SSSR count). The Labute approximate surface area is 121 Å². The topological polar surface area (TPSA) is 62.5 Å². The third-order valence-corrected chi connectivity index (χ3v) is 3.30. The van der Waals surface area contributed by atoms with E-state index in [4.69, 9.17) is 14.7 Å². The minimum Gasteiger partial charge on any atom is -0.490 e. The highest BCUT2D eigenvalue weighted by atomic mass is 19.1. The molecule has 0 fully saturated rings. The first-order chi connectivity index (χ1) is 10.2. The summed E-state index contributed by atoms with van der Waals surface area (Å²) in [6.45, 7) is 0.471. The van der Waals surface area contributed by atoms with E-state index in [0.717, 1.165) is 5.56 Å². The van der Waals surface area contributed by atoms with Crippen LogP contribution >= 0.6 is 0 Å². The average Bonchev–Trinajstić information content (AvgIpc) is 2.87. The zero-order valence-corrected chi connectivity index (χ0v) is 11.0. The third kappa shape index (κ3) is 2.67. The summed E-state index contributed by atoms with van der Waals surface area (Å²) in [5, 5.41) is 18.4. The van der Waals surface area contributed by atoms with Crippen molar-refractivity contribution >= 4 is 0 Å². The van der Waals surface area contributed by atoms with Crippen LogP contribution < -0.4 is 9.47 Å². The highest BCUT2D eigenvalue weighted by Gasteiger charge is 2.22. The molecule has 21 heavy (non-hydrogen) atoms. The summed E-state index contributed by atoms with van der Waals surface area (Å²) in [7, 11) is 0. The van der Waals surface area contributed by atoms with Crippen molar-refractivity contribution in [3.8, 4) is 17.6 Å². The quantitative estimate of drug-likeness (QED) is 0.941. The van der Waals surface area contributed by atoms with Gasteiger partial charge in [-0.3, -0.25) is 0 Å². The van der Waals surface area contributed by atoms with Gasteiger partial charge < -0.3 is 14.6 Å². The van der Waals surface area contributed by atoms with Gasteiger partial charge in [-0.25, -0.2) is 4.39 Å². The molecule has 0 amide bonds. The van der Waals surface area contributed by atoms with E-state index in [1.54, 1.807) is 30.3 Å². The average molecular weight is 285 g/mol. The number of hydrogen-bond donors (Lipinski definition) is 1. The maximum atomic E-state index is 13.2. The zero-order valence-electron chi connectivity index (χ0n) is 11.0. The molecule has 0 spiro atoms. The number of hydrogen-bond acceptors (Lipinski definition) is 4. The van der Waals surface area contributed by atoms with Gasteiger partial charge in [-0.05, 0) is 29.8 Å². The van der Waals surface area contributed by atoms with E-state index < -0.39 is 11.9 Å². The molecule has 0 aromatic heterocycles. The molecule has 1 heterocycles. The van der Waals surface area contributed by atoms with Gasteiger partial charge in [0.1, 0.15) is 42.7 Å². The van der Waals surface area contributed by atoms with E-state index in [2.05, 4.69) is 0 Å². The van der Waals surface area contributed by atoms with Crippen LogP contribution in [0.4, 0.5) is 4.39 Å². The summed E-state index contributed by atoms with van der Waals surface area (Å²) in [6.07, 6.45) is -0.593. The molecule has 1 unspecified atom stereocenters. The van der Waals surface area contributed by atoms with Gasteiger partial charge in [0.25, 0.3) is 0 Å². The molecular weight excluding hydrogens is 273 g/mol. The van der Waals surface area contributed by atoms with E-state index in [9.17, 15) is 9.50 Å². The van der Waals surface area contributed by atoms with Gasteiger partial charge in [-0.1, -0.05) is 6.07 Å². The Kier molecular flexibility index (Phi) is 3.46. The summed E-state index contributed by atoms with van der Waals surface area (Å²) in [4.78, 5) is 0. The molecule has 106 valence electrons. The van der Waals surface area contributed by atoms with Crippen LogP contribution in [-0.2, 0) is 6.61 Å². The highest BCUT2D eigenvalue weighted by molar-refractivity contribution is 5.44. The lowest BCUT2D eigenvalue weighted by Crippen LogP contribution is -1.97. The number of fused-ring (bicyclic) bond motifs is 1. The van der Waals surface area contributed by atoms with Crippen LogP contribution in [0, 0.1) is 17.1 Å². The summed E-state index contributed by atoms with van der Waals surface area (Å²) < 4.78 is 24.1. The van der Waals surface area contributed by atoms with Crippen LogP contribution in [-0.4, -0.2) is 11.7 Å². The first-order valence-electron chi connectivity index (χ1n) is 6.43. The number of rotatable bonds is 3. The number of ether oxygens (including phenoxy) is 2. The minimum absolute atomic E-state index is 0.00323. The number of benzene rings is 2. The second-order valence-corrected chi connectivity index (χ2v) is 4.74. The number of nitrogens with zero attached hydrogens (tertiary/aromatic N) is 1. The van der Waals surface area contributed by atoms with E-state index in [1.807, 2.05) is 0 Å². The first kappa shape index (κ1) is 13.4. The molecule has 0 bridgehead atoms. The van der Waals surface area contributed by atoms with Crippen LogP contribution in [0.5, 0.6) is 11.5 Å². The van der Waals surface area contributed by atoms with Crippen molar-refractivity contribution in [1.82, 2.24) is 0 Å². The Morgan fingerprint density at radius 2 is 2.19 bits per heavy atom. The largest absolute Gasteiger partial charge is 0.490 e. The molecule has 1 N–H and O–H groups in total. The fourth-order valence-electron chi connectivity index (χ4n) is 2.18. The second kappa shape index (κ2) is 5.43. The van der Waals surface area contributed by atoms with Gasteiger partial charge in [0.2, 0.25) is 0 Å². The van der Waals surface area contributed by atoms with Crippen LogP contribution in [0.3, 0.4) is 0 Å². The Hall–Kier alpha value is -2.58. The van der Waals surface area contributed by atoms with Crippen LogP contribution in [0.1, 0.15) is 22.8 Å². The molecule has 2 aromatic carbocycles. The Bertz CT molecular complexity index is 724. The number of aliphatic hydroxyl groups excluding tert-OH is 1. The highest BCUT2D eigenvalue weighted by Crippen LogP contribution is 2.35. The fraction of sp³-hybridized carbons (Fsp3) is 0.188. The lowest BCUT2D eigenvalue weighted by Gasteiger charge is -2.08. The van der Waals surface area contributed by atoms with E-state index in [0.29, 0.717) is 17.1 Å². The van der Waals surface area contributed by atoms with E-state index in [1.165, 1.54) is 12.1 Å². The van der Waals surface area contributed by atoms with Crippen LogP contribution in [0.2, 0.25) is 0 Å². The first-order valence-corrected chi connectivity index (χ1v) is 6.43. The molecule has 1 aliphatic heterocycles. The Morgan fingerprint density at radius 3 is 3.00 bits per heavy atom. The minimum atomic E-state index is -0.593. The normalized spacial score (nSPS) is 16.0. The molecule has 1 atom stereocenters. The summed E-state index contributed by atoms with van der Waals surface area (Å²) in [5.74, 6) is 0.656. The van der Waals surface area contributed by atoms with Crippen molar-refractivity contribution in [3.63, 3.8) is 0 Å². The molecule has 2 aromatic rings. The predicted molar refractivity (Wildman–Crippen MR) is 72.3 cm³/mol. The standard InChI is InChI=1S/C16H12FNO3/c17-14-4-1-10(5-11(14)7-18)8-20-12-2-3-13-15(19)9-21-16(13)6-12/h1-6,15,19H,8-9H2. The van der Waals surface area contributed by atoms with Crippen molar-refractivity contribution in [1.29, 1.82) is 5.26 Å². The fourth-order valence-corrected chi connectivity index (χ4v) is 2.18. The zero-order chi connectivity index (χ0) is 14.8. The maximum Gasteiger partial charge on any atom is 0.140 e. The van der Waals surface area contributed by atoms with Crippen molar-refractivity contribution in [2.24, 2.45) is 0 Å². The number of aliphatic hydroxyl groups is 1. The van der Waals surface area contributed by atoms with Gasteiger partial charge >= 0.3 is 0 Å². The summed E-state index contributed by atoms with van der Waals surface area (Å²) >= 11 is 0. The molecular formula is C16H12FNO3. The monoisotopic (exact) mass is 285 g/mol. The molecule has 0 saturated carbocycles. The lowest BCUT2D eigenvalue weighted by molar-refractivity contribution is 0.140. The lowest BCUT2D eigenvalue weighted by atomic mass is 10.1. The van der Waals surface area contributed by atoms with Crippen LogP contribution in [0.15, 0.2) is 36.4 Å². The predicted octanol–water partition coefficient (Wildman–Crippen LogP) is 2.70. The van der Waals surface area contributed by atoms with Gasteiger partial charge in [0.15, 0.2) is 0 Å². The molecule has 5 heteroatoms. The summed E-state index contributed by atoms with van der Waals surface area (Å²) in [5.41, 5.74) is 1.45. The second-order valence-electron chi connectivity index (χ2n) is 4.74. The smallest absolute Gasteiger partial charge is 0.140 e. The Balaban J connectivity index is 1.72. The summed E-state index contributed by atoms with van der Waals surface area (Å²) in [6, 6.07) is 11.3. The van der Waals surface area contributed by atoms with Gasteiger partial charge in [-0.2, -0.15) is 5.26 Å². The van der Waals surface area contributed by atoms with E-state index >= 15 is 0 Å². The van der Waals surface area contributed by atoms with Gasteiger partial charge in [0.05, 0.1) is 5.56 Å². The molecule has 0 saturated heterocycles. The third-order valence-electron chi connectivity index (χ3n) is 3.30. The van der Waals surface area contributed by atoms with Crippen molar-refractivity contribution in [3.05, 3.63) is 58.9 Å². The number of halogens is 1. The SMILES string of the molecule is N#Cc1cc(COc2ccc3c(c2)OCC3O)ccc1F. The van der Waals surface area contributed by atoms with Crippen LogP contribution in [0.25, 0.3) is 0 Å². The Morgan fingerprint density at radius 1 is 1.33 bits per heavy atom. The van der Waals surface area contributed by atoms with Crippen molar-refractivity contribution < 1.29 is 19.0 Å². The van der Waals surface area contributed by atoms with E-state index in [-0.39, 0.29) is 18.8 Å². The van der Waals surface area contributed by atoms with Crippen molar-refractivity contribution in [2.75, 3.05) is 6.61 Å². The molecule has 0 radical (unpaired) electrons. The van der Waals surface area contributed by atoms with Crippen molar-refractivity contribution in [2.45, 2.75) is 12.7 Å². The molecule has 0 aliphatic carbocycles. The molecule has 4 nitrogen and oxygen atoms in total.